The van der Waals surface area contributed by atoms with Crippen LogP contribution in [0.1, 0.15) is 45.4 Å². The maximum atomic E-state index is 11.8. The first kappa shape index (κ1) is 14.5. The molecule has 0 spiro atoms. The summed E-state index contributed by atoms with van der Waals surface area (Å²) in [5.41, 5.74) is -0.946. The van der Waals surface area contributed by atoms with E-state index in [4.69, 9.17) is 4.74 Å². The van der Waals surface area contributed by atoms with Gasteiger partial charge in [-0.3, -0.25) is 4.79 Å². The highest BCUT2D eigenvalue weighted by Gasteiger charge is 2.39. The summed E-state index contributed by atoms with van der Waals surface area (Å²) in [6, 6.07) is 0. The van der Waals surface area contributed by atoms with Crippen molar-refractivity contribution in [2.75, 3.05) is 6.61 Å². The van der Waals surface area contributed by atoms with Gasteiger partial charge in [0.05, 0.1) is 0 Å². The molecule has 106 valence electrons. The Morgan fingerprint density at radius 2 is 2.16 bits per heavy atom. The molecule has 1 aliphatic carbocycles. The Balaban J connectivity index is 2.42. The van der Waals surface area contributed by atoms with Gasteiger partial charge in [0.2, 0.25) is 5.88 Å². The fourth-order valence-corrected chi connectivity index (χ4v) is 2.80. The van der Waals surface area contributed by atoms with Crippen LogP contribution in [0, 0.1) is 5.92 Å². The Bertz CT molecular complexity index is 507. The molecular formula is C13H19BrN2O3. The smallest absolute Gasteiger partial charge is 0.269 e. The third-order valence-electron chi connectivity index (χ3n) is 3.78. The molecule has 2 N–H and O–H groups in total. The summed E-state index contributed by atoms with van der Waals surface area (Å²) >= 11 is 3.01. The van der Waals surface area contributed by atoms with Crippen LogP contribution in [0.3, 0.4) is 0 Å². The molecule has 1 aromatic rings. The lowest BCUT2D eigenvalue weighted by Gasteiger charge is -2.38. The van der Waals surface area contributed by atoms with Crippen molar-refractivity contribution in [1.29, 1.82) is 0 Å². The van der Waals surface area contributed by atoms with Gasteiger partial charge in [-0.15, -0.1) is 0 Å². The summed E-state index contributed by atoms with van der Waals surface area (Å²) < 4.78 is 5.96. The van der Waals surface area contributed by atoms with Crippen molar-refractivity contribution in [3.8, 4) is 5.88 Å². The number of nitrogens with zero attached hydrogens (tertiary/aromatic N) is 1. The third-order valence-corrected chi connectivity index (χ3v) is 4.49. The number of aromatic nitrogens is 2. The second-order valence-electron chi connectivity index (χ2n) is 5.16. The van der Waals surface area contributed by atoms with Crippen LogP contribution in [-0.2, 0) is 10.3 Å². The number of nitrogens with one attached hydrogen (secondary N) is 1. The van der Waals surface area contributed by atoms with Crippen LogP contribution in [0.2, 0.25) is 0 Å². The van der Waals surface area contributed by atoms with E-state index in [0.29, 0.717) is 18.3 Å². The largest absolute Gasteiger partial charge is 0.492 e. The summed E-state index contributed by atoms with van der Waals surface area (Å²) in [5, 5.41) is 9.71. The molecule has 0 unspecified atom stereocenters. The van der Waals surface area contributed by atoms with Gasteiger partial charge in [0, 0.05) is 6.61 Å². The van der Waals surface area contributed by atoms with Crippen molar-refractivity contribution >= 4 is 15.9 Å². The molecule has 1 aliphatic rings. The van der Waals surface area contributed by atoms with Crippen molar-refractivity contribution in [3.63, 3.8) is 0 Å². The van der Waals surface area contributed by atoms with E-state index in [1.165, 1.54) is 0 Å². The fraction of sp³-hybridized carbons (Fsp3) is 0.692. The van der Waals surface area contributed by atoms with E-state index < -0.39 is 5.60 Å². The van der Waals surface area contributed by atoms with Crippen LogP contribution in [0.5, 0.6) is 5.88 Å². The molecule has 0 atom stereocenters. The number of ether oxygens (including phenoxy) is 1. The maximum absolute atomic E-state index is 11.8. The molecule has 0 radical (unpaired) electrons. The monoisotopic (exact) mass is 330 g/mol. The van der Waals surface area contributed by atoms with Crippen molar-refractivity contribution in [2.24, 2.45) is 5.92 Å². The Labute approximate surface area is 120 Å². The van der Waals surface area contributed by atoms with Crippen LogP contribution in [0.15, 0.2) is 9.27 Å². The summed E-state index contributed by atoms with van der Waals surface area (Å²) in [6.07, 6.45) is 3.68. The standard InChI is InChI=1S/C13H19BrN2O3/c1-3-19-13(6-4-8(2)5-7-13)12-15-10(17)9(14)11(18)16-12/h8H,3-7H2,1-2H3,(H2,15,16,17,18). The Morgan fingerprint density at radius 3 is 2.68 bits per heavy atom. The average Bonchev–Trinajstić information content (AvgIpc) is 2.38. The second kappa shape index (κ2) is 5.63. The van der Waals surface area contributed by atoms with Gasteiger partial charge in [-0.05, 0) is 54.5 Å². The summed E-state index contributed by atoms with van der Waals surface area (Å²) in [5.74, 6) is 0.813. The van der Waals surface area contributed by atoms with Gasteiger partial charge in [-0.2, -0.15) is 4.98 Å². The van der Waals surface area contributed by atoms with Crippen LogP contribution in [0.25, 0.3) is 0 Å². The molecule has 0 saturated heterocycles. The molecular weight excluding hydrogens is 312 g/mol. The van der Waals surface area contributed by atoms with Crippen molar-refractivity contribution in [3.05, 3.63) is 20.7 Å². The highest BCUT2D eigenvalue weighted by Crippen LogP contribution is 2.41. The number of aromatic amines is 1. The second-order valence-corrected chi connectivity index (χ2v) is 5.95. The molecule has 0 aromatic carbocycles. The molecule has 2 rings (SSSR count). The third kappa shape index (κ3) is 2.84. The van der Waals surface area contributed by atoms with E-state index in [1.54, 1.807) is 0 Å². The van der Waals surface area contributed by atoms with Crippen molar-refractivity contribution < 1.29 is 9.84 Å². The number of H-pyrrole nitrogens is 1. The van der Waals surface area contributed by atoms with Gasteiger partial charge in [0.15, 0.2) is 0 Å². The topological polar surface area (TPSA) is 75.2 Å². The maximum Gasteiger partial charge on any atom is 0.269 e. The highest BCUT2D eigenvalue weighted by atomic mass is 79.9. The molecule has 1 fully saturated rings. The number of hydrogen-bond donors (Lipinski definition) is 2. The van der Waals surface area contributed by atoms with Gasteiger partial charge in [-0.25, -0.2) is 0 Å². The van der Waals surface area contributed by atoms with E-state index in [2.05, 4.69) is 32.8 Å². The Kier molecular flexibility index (Phi) is 4.30. The minimum atomic E-state index is -0.571. The van der Waals surface area contributed by atoms with Gasteiger partial charge in [0.25, 0.3) is 5.56 Å². The van der Waals surface area contributed by atoms with Gasteiger partial charge in [-0.1, -0.05) is 6.92 Å². The zero-order chi connectivity index (χ0) is 14.0. The molecule has 5 nitrogen and oxygen atoms in total. The normalized spacial score (nSPS) is 27.4. The first-order valence-electron chi connectivity index (χ1n) is 6.61. The predicted octanol–water partition coefficient (Wildman–Crippen LogP) is 2.68. The zero-order valence-electron chi connectivity index (χ0n) is 11.2. The number of halogens is 1. The summed E-state index contributed by atoms with van der Waals surface area (Å²) in [6.45, 7) is 4.69. The van der Waals surface area contributed by atoms with E-state index >= 15 is 0 Å². The lowest BCUT2D eigenvalue weighted by atomic mass is 9.79. The van der Waals surface area contributed by atoms with Crippen molar-refractivity contribution in [2.45, 2.75) is 45.1 Å². The zero-order valence-corrected chi connectivity index (χ0v) is 12.8. The lowest BCUT2D eigenvalue weighted by Crippen LogP contribution is -2.37. The molecule has 1 saturated carbocycles. The molecule has 19 heavy (non-hydrogen) atoms. The molecule has 1 heterocycles. The SMILES string of the molecule is CCOC1(c2nc(O)c(Br)c(=O)[nH]2)CCC(C)CC1. The number of aromatic hydroxyl groups is 1. The molecule has 0 aliphatic heterocycles. The number of hydrogen-bond acceptors (Lipinski definition) is 4. The van der Waals surface area contributed by atoms with Crippen LogP contribution >= 0.6 is 15.9 Å². The van der Waals surface area contributed by atoms with Crippen LogP contribution < -0.4 is 5.56 Å². The summed E-state index contributed by atoms with van der Waals surface area (Å²) in [4.78, 5) is 18.6. The van der Waals surface area contributed by atoms with Gasteiger partial charge in [0.1, 0.15) is 15.9 Å². The molecule has 6 heteroatoms. The molecule has 1 aromatic heterocycles. The van der Waals surface area contributed by atoms with E-state index in [9.17, 15) is 9.90 Å². The highest BCUT2D eigenvalue weighted by molar-refractivity contribution is 9.10. The Morgan fingerprint density at radius 1 is 1.53 bits per heavy atom. The quantitative estimate of drug-likeness (QED) is 0.893. The van der Waals surface area contributed by atoms with Gasteiger partial charge < -0.3 is 14.8 Å². The predicted molar refractivity (Wildman–Crippen MR) is 75.2 cm³/mol. The summed E-state index contributed by atoms with van der Waals surface area (Å²) in [7, 11) is 0. The fourth-order valence-electron chi connectivity index (χ4n) is 2.62. The number of rotatable bonds is 3. The average molecular weight is 331 g/mol. The van der Waals surface area contributed by atoms with E-state index in [-0.39, 0.29) is 15.9 Å². The molecule has 0 bridgehead atoms. The molecule has 0 amide bonds. The van der Waals surface area contributed by atoms with E-state index in [1.807, 2.05) is 6.92 Å². The van der Waals surface area contributed by atoms with Crippen LogP contribution in [0.4, 0.5) is 0 Å². The Hall–Kier alpha value is -0.880. The minimum Gasteiger partial charge on any atom is -0.492 e. The van der Waals surface area contributed by atoms with Crippen molar-refractivity contribution in [1.82, 2.24) is 9.97 Å². The van der Waals surface area contributed by atoms with E-state index in [0.717, 1.165) is 25.7 Å². The first-order valence-corrected chi connectivity index (χ1v) is 7.41. The minimum absolute atomic E-state index is 0.0621. The lowest BCUT2D eigenvalue weighted by molar-refractivity contribution is -0.0841. The van der Waals surface area contributed by atoms with Gasteiger partial charge >= 0.3 is 0 Å². The first-order chi connectivity index (χ1) is 8.98. The van der Waals surface area contributed by atoms with Crippen LogP contribution in [-0.4, -0.2) is 21.7 Å².